The molecule has 17 heavy (non-hydrogen) atoms. The summed E-state index contributed by atoms with van der Waals surface area (Å²) in [5.74, 6) is -0.991. The van der Waals surface area contributed by atoms with Gasteiger partial charge in [-0.3, -0.25) is 0 Å². The van der Waals surface area contributed by atoms with Crippen LogP contribution in [0.15, 0.2) is 23.8 Å². The van der Waals surface area contributed by atoms with E-state index in [4.69, 9.17) is 9.47 Å². The van der Waals surface area contributed by atoms with Crippen LogP contribution in [-0.4, -0.2) is 24.1 Å². The zero-order chi connectivity index (χ0) is 13.6. The van der Waals surface area contributed by atoms with Crippen LogP contribution in [0.5, 0.6) is 0 Å². The molecule has 0 fully saturated rings. The van der Waals surface area contributed by atoms with E-state index in [1.54, 1.807) is 34.6 Å². The van der Waals surface area contributed by atoms with Gasteiger partial charge in [0.05, 0.1) is 17.8 Å². The first-order valence-corrected chi connectivity index (χ1v) is 5.53. The molecule has 0 aromatic carbocycles. The summed E-state index contributed by atoms with van der Waals surface area (Å²) in [7, 11) is 0. The maximum absolute atomic E-state index is 11.5. The second kappa shape index (κ2) is 6.89. The van der Waals surface area contributed by atoms with Gasteiger partial charge in [0.15, 0.2) is 0 Å². The highest BCUT2D eigenvalue weighted by atomic mass is 16.5. The quantitative estimate of drug-likeness (QED) is 0.420. The summed E-state index contributed by atoms with van der Waals surface area (Å²) in [6.07, 6.45) is 0.965. The van der Waals surface area contributed by atoms with Gasteiger partial charge in [0.25, 0.3) is 0 Å². The van der Waals surface area contributed by atoms with Gasteiger partial charge in [-0.1, -0.05) is 6.58 Å². The lowest BCUT2D eigenvalue weighted by molar-refractivity contribution is -0.142. The molecule has 0 atom stereocenters. The first-order valence-electron chi connectivity index (χ1n) is 5.53. The van der Waals surface area contributed by atoms with Crippen molar-refractivity contribution in [3.05, 3.63) is 23.8 Å². The van der Waals surface area contributed by atoms with Crippen molar-refractivity contribution in [1.29, 1.82) is 0 Å². The normalized spacial score (nSPS) is 11.6. The summed E-state index contributed by atoms with van der Waals surface area (Å²) in [5.41, 5.74) is 0.460. The molecule has 0 heterocycles. The highest BCUT2D eigenvalue weighted by Gasteiger charge is 2.12. The summed E-state index contributed by atoms with van der Waals surface area (Å²) in [6.45, 7) is 12.1. The van der Waals surface area contributed by atoms with E-state index in [0.717, 1.165) is 0 Å². The minimum Gasteiger partial charge on any atom is -0.460 e. The molecule has 4 heteroatoms. The van der Waals surface area contributed by atoms with Crippen molar-refractivity contribution < 1.29 is 19.1 Å². The Bertz CT molecular complexity index is 337. The van der Waals surface area contributed by atoms with E-state index in [1.807, 2.05) is 0 Å². The zero-order valence-electron chi connectivity index (χ0n) is 11.1. The molecule has 0 aromatic rings. The summed E-state index contributed by atoms with van der Waals surface area (Å²) in [4.78, 5) is 22.9. The van der Waals surface area contributed by atoms with Gasteiger partial charge in [-0.05, 0) is 40.7 Å². The molecule has 0 rings (SSSR count). The Morgan fingerprint density at radius 2 is 1.41 bits per heavy atom. The van der Waals surface area contributed by atoms with Crippen LogP contribution in [0.2, 0.25) is 0 Å². The zero-order valence-corrected chi connectivity index (χ0v) is 11.1. The van der Waals surface area contributed by atoms with Crippen molar-refractivity contribution in [2.75, 3.05) is 0 Å². The van der Waals surface area contributed by atoms with Crippen LogP contribution >= 0.6 is 0 Å². The van der Waals surface area contributed by atoms with Crippen LogP contribution in [0.3, 0.4) is 0 Å². The molecule has 0 aromatic heterocycles. The minimum absolute atomic E-state index is 0.136. The van der Waals surface area contributed by atoms with Crippen LogP contribution in [0.1, 0.15) is 34.6 Å². The standard InChI is InChI=1S/C13H20O4/c1-8(2)16-12(14)10(5)7-11(6)13(15)17-9(3)4/h7-9H,5H2,1-4,6H3/b11-7+. The Morgan fingerprint density at radius 1 is 1.00 bits per heavy atom. The maximum atomic E-state index is 11.5. The molecule has 96 valence electrons. The Morgan fingerprint density at radius 3 is 1.82 bits per heavy atom. The second-order valence-electron chi connectivity index (χ2n) is 4.26. The number of hydrogen-bond donors (Lipinski definition) is 0. The molecular weight excluding hydrogens is 220 g/mol. The van der Waals surface area contributed by atoms with Crippen LogP contribution in [-0.2, 0) is 19.1 Å². The molecule has 0 aliphatic carbocycles. The van der Waals surface area contributed by atoms with E-state index < -0.39 is 11.9 Å². The monoisotopic (exact) mass is 240 g/mol. The molecule has 0 unspecified atom stereocenters. The van der Waals surface area contributed by atoms with Gasteiger partial charge in [0, 0.05) is 5.57 Å². The lowest BCUT2D eigenvalue weighted by Gasteiger charge is -2.09. The second-order valence-corrected chi connectivity index (χ2v) is 4.26. The molecule has 0 aliphatic heterocycles. The summed E-state index contributed by atoms with van der Waals surface area (Å²) >= 11 is 0. The molecule has 0 amide bonds. The first kappa shape index (κ1) is 15.4. The van der Waals surface area contributed by atoms with Crippen LogP contribution in [0.4, 0.5) is 0 Å². The third-order valence-electron chi connectivity index (χ3n) is 1.66. The van der Waals surface area contributed by atoms with Gasteiger partial charge in [0.1, 0.15) is 0 Å². The van der Waals surface area contributed by atoms with E-state index in [0.29, 0.717) is 5.57 Å². The molecule has 0 N–H and O–H groups in total. The molecule has 0 aliphatic rings. The fourth-order valence-corrected chi connectivity index (χ4v) is 0.976. The lowest BCUT2D eigenvalue weighted by Crippen LogP contribution is -2.15. The third kappa shape index (κ3) is 6.56. The molecule has 0 radical (unpaired) electrons. The average Bonchev–Trinajstić information content (AvgIpc) is 2.15. The fraction of sp³-hybridized carbons (Fsp3) is 0.538. The molecular formula is C13H20O4. The third-order valence-corrected chi connectivity index (χ3v) is 1.66. The summed E-state index contributed by atoms with van der Waals surface area (Å²) < 4.78 is 9.91. The highest BCUT2D eigenvalue weighted by Crippen LogP contribution is 2.07. The van der Waals surface area contributed by atoms with Gasteiger partial charge >= 0.3 is 11.9 Å². The topological polar surface area (TPSA) is 52.6 Å². The van der Waals surface area contributed by atoms with Gasteiger partial charge < -0.3 is 9.47 Å². The van der Waals surface area contributed by atoms with Crippen molar-refractivity contribution in [3.8, 4) is 0 Å². The van der Waals surface area contributed by atoms with Crippen molar-refractivity contribution in [2.45, 2.75) is 46.8 Å². The average molecular weight is 240 g/mol. The molecule has 0 saturated heterocycles. The minimum atomic E-state index is -0.531. The first-order chi connectivity index (χ1) is 7.73. The molecule has 0 bridgehead atoms. The Balaban J connectivity index is 4.52. The van der Waals surface area contributed by atoms with E-state index in [9.17, 15) is 9.59 Å². The summed E-state index contributed by atoms with van der Waals surface area (Å²) in [6, 6.07) is 0. The van der Waals surface area contributed by atoms with Crippen LogP contribution in [0, 0.1) is 0 Å². The number of hydrogen-bond acceptors (Lipinski definition) is 4. The van der Waals surface area contributed by atoms with Crippen molar-refractivity contribution in [3.63, 3.8) is 0 Å². The van der Waals surface area contributed by atoms with Crippen LogP contribution in [0.25, 0.3) is 0 Å². The fourth-order valence-electron chi connectivity index (χ4n) is 0.976. The van der Waals surface area contributed by atoms with Gasteiger partial charge in [-0.15, -0.1) is 0 Å². The van der Waals surface area contributed by atoms with Crippen molar-refractivity contribution in [2.24, 2.45) is 0 Å². The lowest BCUT2D eigenvalue weighted by atomic mass is 10.2. The van der Waals surface area contributed by atoms with Crippen molar-refractivity contribution >= 4 is 11.9 Å². The highest BCUT2D eigenvalue weighted by molar-refractivity contribution is 5.95. The largest absolute Gasteiger partial charge is 0.460 e. The Labute approximate surface area is 102 Å². The maximum Gasteiger partial charge on any atom is 0.337 e. The molecule has 0 saturated carbocycles. The van der Waals surface area contributed by atoms with E-state index in [1.165, 1.54) is 6.08 Å². The van der Waals surface area contributed by atoms with Crippen LogP contribution < -0.4 is 0 Å². The predicted molar refractivity (Wildman–Crippen MR) is 65.4 cm³/mol. The van der Waals surface area contributed by atoms with Crippen molar-refractivity contribution in [1.82, 2.24) is 0 Å². The van der Waals surface area contributed by atoms with Gasteiger partial charge in [-0.25, -0.2) is 9.59 Å². The Hall–Kier alpha value is -1.58. The van der Waals surface area contributed by atoms with E-state index >= 15 is 0 Å². The number of rotatable bonds is 5. The molecule has 4 nitrogen and oxygen atoms in total. The molecule has 0 spiro atoms. The Kier molecular flexibility index (Phi) is 6.25. The number of esters is 2. The van der Waals surface area contributed by atoms with E-state index in [-0.39, 0.29) is 17.8 Å². The smallest absolute Gasteiger partial charge is 0.337 e. The summed E-state index contributed by atoms with van der Waals surface area (Å²) in [5, 5.41) is 0. The van der Waals surface area contributed by atoms with E-state index in [2.05, 4.69) is 6.58 Å². The number of ether oxygens (including phenoxy) is 2. The van der Waals surface area contributed by atoms with Gasteiger partial charge in [0.2, 0.25) is 0 Å². The number of carbonyl (C=O) groups excluding carboxylic acids is 2. The number of carbonyl (C=O) groups is 2. The van der Waals surface area contributed by atoms with Gasteiger partial charge in [-0.2, -0.15) is 0 Å². The SMILES string of the molecule is C=C(/C=C(\C)C(=O)OC(C)C)C(=O)OC(C)C. The predicted octanol–water partition coefficient (Wildman–Crippen LogP) is 2.39.